The number of carbonyl (C=O) groups excluding carboxylic acids is 1. The van der Waals surface area contributed by atoms with Crippen molar-refractivity contribution < 1.29 is 9.53 Å². The first-order valence-corrected chi connectivity index (χ1v) is 7.25. The molecule has 4 nitrogen and oxygen atoms in total. The summed E-state index contributed by atoms with van der Waals surface area (Å²) < 4.78 is 5.98. The van der Waals surface area contributed by atoms with Gasteiger partial charge in [0.1, 0.15) is 0 Å². The van der Waals surface area contributed by atoms with Crippen LogP contribution in [0.2, 0.25) is 0 Å². The SMILES string of the molecule is CC1(C)CN(C(=O)C2CSCN2)CC(C)(C)O1. The molecule has 1 unspecified atom stereocenters. The predicted octanol–water partition coefficient (Wildman–Crippen LogP) is 1.06. The molecule has 2 aliphatic heterocycles. The maximum absolute atomic E-state index is 12.4. The van der Waals surface area contributed by atoms with Crippen molar-refractivity contribution in [2.45, 2.75) is 44.9 Å². The van der Waals surface area contributed by atoms with Gasteiger partial charge in [-0.05, 0) is 27.7 Å². The maximum Gasteiger partial charge on any atom is 0.240 e. The molecule has 0 aromatic carbocycles. The normalized spacial score (nSPS) is 31.5. The highest BCUT2D eigenvalue weighted by Crippen LogP contribution is 2.28. The smallest absolute Gasteiger partial charge is 0.240 e. The summed E-state index contributed by atoms with van der Waals surface area (Å²) in [5.41, 5.74) is -0.522. The molecule has 1 atom stereocenters. The molecule has 0 spiro atoms. The highest BCUT2D eigenvalue weighted by Gasteiger charge is 2.41. The Hall–Kier alpha value is -0.260. The highest BCUT2D eigenvalue weighted by molar-refractivity contribution is 7.99. The first-order valence-electron chi connectivity index (χ1n) is 6.09. The lowest BCUT2D eigenvalue weighted by Gasteiger charge is -2.47. The number of nitrogens with zero attached hydrogens (tertiary/aromatic N) is 1. The molecule has 0 saturated carbocycles. The van der Waals surface area contributed by atoms with E-state index in [1.165, 1.54) is 0 Å². The lowest BCUT2D eigenvalue weighted by atomic mass is 9.98. The monoisotopic (exact) mass is 258 g/mol. The average molecular weight is 258 g/mol. The fraction of sp³-hybridized carbons (Fsp3) is 0.917. The van der Waals surface area contributed by atoms with Gasteiger partial charge < -0.3 is 9.64 Å². The first-order chi connectivity index (χ1) is 7.79. The molecule has 0 bridgehead atoms. The number of carbonyl (C=O) groups is 1. The number of hydrogen-bond donors (Lipinski definition) is 1. The molecule has 2 rings (SSSR count). The van der Waals surface area contributed by atoms with E-state index in [0.717, 1.165) is 11.6 Å². The number of amides is 1. The zero-order valence-corrected chi connectivity index (χ0v) is 11.9. The van der Waals surface area contributed by atoms with Crippen LogP contribution in [0.3, 0.4) is 0 Å². The van der Waals surface area contributed by atoms with Crippen LogP contribution in [-0.4, -0.2) is 52.8 Å². The minimum absolute atomic E-state index is 0.00954. The standard InChI is InChI=1S/C12H22N2O2S/c1-11(2)6-14(7-12(3,4)16-11)10(15)9-5-17-8-13-9/h9,13H,5-8H2,1-4H3. The van der Waals surface area contributed by atoms with Gasteiger partial charge in [-0.15, -0.1) is 11.8 Å². The van der Waals surface area contributed by atoms with Crippen molar-refractivity contribution >= 4 is 17.7 Å². The second kappa shape index (κ2) is 4.44. The quantitative estimate of drug-likeness (QED) is 0.764. The van der Waals surface area contributed by atoms with Gasteiger partial charge in [0.05, 0.1) is 17.2 Å². The van der Waals surface area contributed by atoms with E-state index < -0.39 is 0 Å². The minimum atomic E-state index is -0.261. The zero-order chi connectivity index (χ0) is 12.7. The molecular weight excluding hydrogens is 236 g/mol. The number of thioether (sulfide) groups is 1. The predicted molar refractivity (Wildman–Crippen MR) is 70.1 cm³/mol. The van der Waals surface area contributed by atoms with Gasteiger partial charge in [-0.1, -0.05) is 0 Å². The fourth-order valence-electron chi connectivity index (χ4n) is 2.72. The Morgan fingerprint density at radius 3 is 2.35 bits per heavy atom. The Labute approximate surface area is 107 Å². The van der Waals surface area contributed by atoms with Crippen molar-refractivity contribution in [2.24, 2.45) is 0 Å². The Morgan fingerprint density at radius 2 is 1.88 bits per heavy atom. The van der Waals surface area contributed by atoms with Gasteiger partial charge in [0.25, 0.3) is 0 Å². The second-order valence-electron chi connectivity index (χ2n) is 6.09. The maximum atomic E-state index is 12.4. The van der Waals surface area contributed by atoms with Crippen molar-refractivity contribution in [3.63, 3.8) is 0 Å². The lowest BCUT2D eigenvalue weighted by Crippen LogP contribution is -2.61. The Balaban J connectivity index is 2.07. The van der Waals surface area contributed by atoms with E-state index in [4.69, 9.17) is 4.74 Å². The third-order valence-corrected chi connectivity index (χ3v) is 3.96. The van der Waals surface area contributed by atoms with Crippen molar-refractivity contribution in [3.8, 4) is 0 Å². The van der Waals surface area contributed by atoms with Gasteiger partial charge in [0.2, 0.25) is 5.91 Å². The van der Waals surface area contributed by atoms with Crippen LogP contribution in [0.1, 0.15) is 27.7 Å². The molecule has 0 radical (unpaired) electrons. The molecule has 0 aromatic heterocycles. The third kappa shape index (κ3) is 3.14. The first kappa shape index (κ1) is 13.2. The molecule has 2 saturated heterocycles. The third-order valence-electron chi connectivity index (χ3n) is 3.02. The molecule has 1 N–H and O–H groups in total. The lowest BCUT2D eigenvalue weighted by molar-refractivity contribution is -0.188. The number of rotatable bonds is 1. The number of morpholine rings is 1. The van der Waals surface area contributed by atoms with Crippen molar-refractivity contribution in [3.05, 3.63) is 0 Å². The summed E-state index contributed by atoms with van der Waals surface area (Å²) in [6, 6.07) is -0.00954. The van der Waals surface area contributed by atoms with Gasteiger partial charge in [-0.25, -0.2) is 0 Å². The van der Waals surface area contributed by atoms with Crippen LogP contribution in [0.5, 0.6) is 0 Å². The molecule has 0 aromatic rings. The summed E-state index contributed by atoms with van der Waals surface area (Å²) in [5.74, 6) is 1.99. The second-order valence-corrected chi connectivity index (χ2v) is 7.12. The minimum Gasteiger partial charge on any atom is -0.366 e. The fourth-order valence-corrected chi connectivity index (χ4v) is 3.65. The van der Waals surface area contributed by atoms with E-state index in [0.29, 0.717) is 13.1 Å². The van der Waals surface area contributed by atoms with E-state index in [1.807, 2.05) is 32.6 Å². The summed E-state index contributed by atoms with van der Waals surface area (Å²) in [7, 11) is 0. The largest absolute Gasteiger partial charge is 0.366 e. The van der Waals surface area contributed by atoms with E-state index in [9.17, 15) is 4.79 Å². The summed E-state index contributed by atoms with van der Waals surface area (Å²) in [4.78, 5) is 14.3. The van der Waals surface area contributed by atoms with Crippen LogP contribution in [0, 0.1) is 0 Å². The van der Waals surface area contributed by atoms with Crippen LogP contribution in [-0.2, 0) is 9.53 Å². The summed E-state index contributed by atoms with van der Waals surface area (Å²) >= 11 is 1.78. The van der Waals surface area contributed by atoms with E-state index in [1.54, 1.807) is 11.8 Å². The summed E-state index contributed by atoms with van der Waals surface area (Å²) in [6.45, 7) is 9.54. The number of nitrogens with one attached hydrogen (secondary N) is 1. The Bertz CT molecular complexity index is 296. The van der Waals surface area contributed by atoms with Gasteiger partial charge in [-0.3, -0.25) is 10.1 Å². The molecule has 2 aliphatic rings. The molecule has 17 heavy (non-hydrogen) atoms. The van der Waals surface area contributed by atoms with Crippen LogP contribution >= 0.6 is 11.8 Å². The average Bonchev–Trinajstić information content (AvgIpc) is 2.63. The van der Waals surface area contributed by atoms with Gasteiger partial charge >= 0.3 is 0 Å². The van der Waals surface area contributed by atoms with E-state index >= 15 is 0 Å². The molecular formula is C12H22N2O2S. The molecule has 5 heteroatoms. The summed E-state index contributed by atoms with van der Waals surface area (Å²) in [5, 5.41) is 3.24. The van der Waals surface area contributed by atoms with Gasteiger partial charge in [0.15, 0.2) is 0 Å². The van der Waals surface area contributed by atoms with Crippen LogP contribution in [0.4, 0.5) is 0 Å². The zero-order valence-electron chi connectivity index (χ0n) is 11.1. The molecule has 2 fully saturated rings. The topological polar surface area (TPSA) is 41.6 Å². The molecule has 98 valence electrons. The molecule has 1 amide bonds. The Morgan fingerprint density at radius 1 is 1.29 bits per heavy atom. The number of hydrogen-bond acceptors (Lipinski definition) is 4. The van der Waals surface area contributed by atoms with Gasteiger partial charge in [0, 0.05) is 24.7 Å². The van der Waals surface area contributed by atoms with E-state index in [-0.39, 0.29) is 23.2 Å². The number of ether oxygens (including phenoxy) is 1. The van der Waals surface area contributed by atoms with Crippen LogP contribution in [0.25, 0.3) is 0 Å². The van der Waals surface area contributed by atoms with Crippen molar-refractivity contribution in [1.82, 2.24) is 10.2 Å². The highest BCUT2D eigenvalue weighted by atomic mass is 32.2. The Kier molecular flexibility index (Phi) is 3.45. The van der Waals surface area contributed by atoms with Crippen LogP contribution in [0.15, 0.2) is 0 Å². The van der Waals surface area contributed by atoms with Crippen molar-refractivity contribution in [1.29, 1.82) is 0 Å². The molecule has 2 heterocycles. The van der Waals surface area contributed by atoms with Crippen LogP contribution < -0.4 is 5.32 Å². The molecule has 0 aliphatic carbocycles. The summed E-state index contributed by atoms with van der Waals surface area (Å²) in [6.07, 6.45) is 0. The van der Waals surface area contributed by atoms with E-state index in [2.05, 4.69) is 5.32 Å². The van der Waals surface area contributed by atoms with Gasteiger partial charge in [-0.2, -0.15) is 0 Å². The van der Waals surface area contributed by atoms with Crippen molar-refractivity contribution in [2.75, 3.05) is 24.7 Å².